The zero-order valence-electron chi connectivity index (χ0n) is 9.48. The molecular weight excluding hydrogens is 164 g/mol. The minimum absolute atomic E-state index is 0.0388. The molecule has 0 fully saturated rings. The van der Waals surface area contributed by atoms with Gasteiger partial charge in [0, 0.05) is 18.6 Å². The van der Waals surface area contributed by atoms with Crippen LogP contribution in [0.2, 0.25) is 0 Å². The Bertz CT molecular complexity index is 162. The van der Waals surface area contributed by atoms with Gasteiger partial charge >= 0.3 is 6.03 Å². The zero-order valence-corrected chi connectivity index (χ0v) is 9.48. The van der Waals surface area contributed by atoms with E-state index in [9.17, 15) is 4.79 Å². The first-order chi connectivity index (χ1) is 5.96. The van der Waals surface area contributed by atoms with Crippen LogP contribution in [-0.2, 0) is 0 Å². The molecule has 0 aliphatic carbocycles. The number of hydrogen-bond acceptors (Lipinski definition) is 1. The standard InChI is InChI=1S/C10H22N2O/c1-6-10(4,5)11-9(13)12(7-2)8-3/h6-8H2,1-5H3,(H,11,13). The number of rotatable bonds is 4. The van der Waals surface area contributed by atoms with Gasteiger partial charge in [0.15, 0.2) is 0 Å². The predicted octanol–water partition coefficient (Wildman–Crippen LogP) is 2.23. The van der Waals surface area contributed by atoms with E-state index in [0.717, 1.165) is 19.5 Å². The molecule has 0 radical (unpaired) electrons. The number of carbonyl (C=O) groups is 1. The third-order valence-electron chi connectivity index (χ3n) is 2.38. The van der Waals surface area contributed by atoms with Gasteiger partial charge in [0.05, 0.1) is 0 Å². The van der Waals surface area contributed by atoms with E-state index in [0.29, 0.717) is 0 Å². The van der Waals surface area contributed by atoms with Crippen LogP contribution in [0.3, 0.4) is 0 Å². The minimum atomic E-state index is -0.0975. The van der Waals surface area contributed by atoms with Crippen LogP contribution in [0.25, 0.3) is 0 Å². The second-order valence-corrected chi connectivity index (χ2v) is 3.84. The Balaban J connectivity index is 4.13. The normalized spacial score (nSPS) is 11.2. The minimum Gasteiger partial charge on any atom is -0.333 e. The summed E-state index contributed by atoms with van der Waals surface area (Å²) in [6, 6.07) is 0.0388. The lowest BCUT2D eigenvalue weighted by Gasteiger charge is -2.29. The van der Waals surface area contributed by atoms with E-state index >= 15 is 0 Å². The molecule has 13 heavy (non-hydrogen) atoms. The van der Waals surface area contributed by atoms with Crippen LogP contribution < -0.4 is 5.32 Å². The maximum atomic E-state index is 11.6. The second kappa shape index (κ2) is 5.10. The third-order valence-corrected chi connectivity index (χ3v) is 2.38. The van der Waals surface area contributed by atoms with Crippen molar-refractivity contribution in [3.63, 3.8) is 0 Å². The van der Waals surface area contributed by atoms with E-state index in [4.69, 9.17) is 0 Å². The molecule has 0 aromatic carbocycles. The highest BCUT2D eigenvalue weighted by molar-refractivity contribution is 5.74. The fraction of sp³-hybridized carbons (Fsp3) is 0.900. The molecule has 0 spiro atoms. The van der Waals surface area contributed by atoms with E-state index in [-0.39, 0.29) is 11.6 Å². The monoisotopic (exact) mass is 186 g/mol. The first-order valence-corrected chi connectivity index (χ1v) is 5.04. The largest absolute Gasteiger partial charge is 0.333 e. The van der Waals surface area contributed by atoms with Crippen LogP contribution in [0.5, 0.6) is 0 Å². The van der Waals surface area contributed by atoms with Crippen molar-refractivity contribution in [2.75, 3.05) is 13.1 Å². The van der Waals surface area contributed by atoms with Crippen molar-refractivity contribution in [1.29, 1.82) is 0 Å². The summed E-state index contributed by atoms with van der Waals surface area (Å²) in [7, 11) is 0. The number of amides is 2. The van der Waals surface area contributed by atoms with E-state index in [2.05, 4.69) is 12.2 Å². The van der Waals surface area contributed by atoms with Gasteiger partial charge in [-0.1, -0.05) is 6.92 Å². The maximum absolute atomic E-state index is 11.6. The Labute approximate surface area is 81.5 Å². The van der Waals surface area contributed by atoms with Crippen LogP contribution in [0.15, 0.2) is 0 Å². The van der Waals surface area contributed by atoms with Crippen molar-refractivity contribution in [3.8, 4) is 0 Å². The molecule has 78 valence electrons. The molecule has 0 atom stereocenters. The van der Waals surface area contributed by atoms with Crippen molar-refractivity contribution in [3.05, 3.63) is 0 Å². The van der Waals surface area contributed by atoms with E-state index in [1.54, 1.807) is 4.90 Å². The van der Waals surface area contributed by atoms with E-state index in [1.807, 2.05) is 27.7 Å². The SMILES string of the molecule is CCN(CC)C(=O)NC(C)(C)CC. The topological polar surface area (TPSA) is 32.3 Å². The highest BCUT2D eigenvalue weighted by atomic mass is 16.2. The molecule has 0 saturated carbocycles. The summed E-state index contributed by atoms with van der Waals surface area (Å²) in [5.41, 5.74) is -0.0975. The van der Waals surface area contributed by atoms with Crippen LogP contribution in [-0.4, -0.2) is 29.6 Å². The first kappa shape index (κ1) is 12.3. The number of carbonyl (C=O) groups excluding carboxylic acids is 1. The van der Waals surface area contributed by atoms with Gasteiger partial charge in [-0.15, -0.1) is 0 Å². The summed E-state index contributed by atoms with van der Waals surface area (Å²) in [6.45, 7) is 11.7. The molecule has 0 aromatic heterocycles. The molecule has 0 saturated heterocycles. The van der Waals surface area contributed by atoms with Crippen LogP contribution >= 0.6 is 0 Å². The fourth-order valence-electron chi connectivity index (χ4n) is 0.968. The van der Waals surface area contributed by atoms with E-state index < -0.39 is 0 Å². The molecule has 0 aliphatic rings. The molecule has 0 aliphatic heterocycles. The Hall–Kier alpha value is -0.730. The van der Waals surface area contributed by atoms with Crippen LogP contribution in [0.4, 0.5) is 4.79 Å². The second-order valence-electron chi connectivity index (χ2n) is 3.84. The van der Waals surface area contributed by atoms with Gasteiger partial charge < -0.3 is 10.2 Å². The van der Waals surface area contributed by atoms with Gasteiger partial charge in [-0.25, -0.2) is 4.79 Å². The summed E-state index contributed by atoms with van der Waals surface area (Å²) in [5.74, 6) is 0. The highest BCUT2D eigenvalue weighted by Gasteiger charge is 2.20. The van der Waals surface area contributed by atoms with Crippen molar-refractivity contribution in [2.45, 2.75) is 46.6 Å². The van der Waals surface area contributed by atoms with Gasteiger partial charge in [-0.2, -0.15) is 0 Å². The smallest absolute Gasteiger partial charge is 0.317 e. The van der Waals surface area contributed by atoms with E-state index in [1.165, 1.54) is 0 Å². The van der Waals surface area contributed by atoms with Crippen LogP contribution in [0.1, 0.15) is 41.0 Å². The molecule has 1 N–H and O–H groups in total. The summed E-state index contributed by atoms with van der Waals surface area (Å²) < 4.78 is 0. The first-order valence-electron chi connectivity index (χ1n) is 5.04. The Morgan fingerprint density at radius 2 is 1.69 bits per heavy atom. The zero-order chi connectivity index (χ0) is 10.5. The fourth-order valence-corrected chi connectivity index (χ4v) is 0.968. The Kier molecular flexibility index (Phi) is 4.81. The summed E-state index contributed by atoms with van der Waals surface area (Å²) in [5, 5.41) is 2.99. The number of nitrogens with zero attached hydrogens (tertiary/aromatic N) is 1. The number of nitrogens with one attached hydrogen (secondary N) is 1. The maximum Gasteiger partial charge on any atom is 0.317 e. The highest BCUT2D eigenvalue weighted by Crippen LogP contribution is 2.07. The molecule has 0 heterocycles. The third kappa shape index (κ3) is 4.15. The lowest BCUT2D eigenvalue weighted by molar-refractivity contribution is 0.191. The molecule has 0 unspecified atom stereocenters. The molecule has 0 rings (SSSR count). The molecular formula is C10H22N2O. The quantitative estimate of drug-likeness (QED) is 0.717. The van der Waals surface area contributed by atoms with Gasteiger partial charge in [0.2, 0.25) is 0 Å². The van der Waals surface area contributed by atoms with Crippen LogP contribution in [0, 0.1) is 0 Å². The van der Waals surface area contributed by atoms with Crippen molar-refractivity contribution < 1.29 is 4.79 Å². The lowest BCUT2D eigenvalue weighted by Crippen LogP contribution is -2.49. The summed E-state index contributed by atoms with van der Waals surface area (Å²) in [4.78, 5) is 13.4. The Morgan fingerprint density at radius 1 is 1.23 bits per heavy atom. The van der Waals surface area contributed by atoms with Gasteiger partial charge in [0.1, 0.15) is 0 Å². The molecule has 0 bridgehead atoms. The lowest BCUT2D eigenvalue weighted by atomic mass is 10.0. The number of hydrogen-bond donors (Lipinski definition) is 1. The molecule has 0 aromatic rings. The average molecular weight is 186 g/mol. The van der Waals surface area contributed by atoms with Gasteiger partial charge in [0.25, 0.3) is 0 Å². The van der Waals surface area contributed by atoms with Crippen molar-refractivity contribution >= 4 is 6.03 Å². The predicted molar refractivity (Wildman–Crippen MR) is 55.8 cm³/mol. The average Bonchev–Trinajstić information content (AvgIpc) is 2.06. The summed E-state index contributed by atoms with van der Waals surface area (Å²) in [6.07, 6.45) is 0.944. The van der Waals surface area contributed by atoms with Gasteiger partial charge in [-0.3, -0.25) is 0 Å². The van der Waals surface area contributed by atoms with Gasteiger partial charge in [-0.05, 0) is 34.1 Å². The number of urea groups is 1. The Morgan fingerprint density at radius 3 is 2.00 bits per heavy atom. The van der Waals surface area contributed by atoms with Crippen molar-refractivity contribution in [2.24, 2.45) is 0 Å². The molecule has 2 amide bonds. The molecule has 3 nitrogen and oxygen atoms in total. The molecule has 3 heteroatoms. The summed E-state index contributed by atoms with van der Waals surface area (Å²) >= 11 is 0. The van der Waals surface area contributed by atoms with Crippen molar-refractivity contribution in [1.82, 2.24) is 10.2 Å².